The van der Waals surface area contributed by atoms with Crippen LogP contribution in [0.3, 0.4) is 0 Å². The molecule has 166 valence electrons. The Hall–Kier alpha value is -2.69. The van der Waals surface area contributed by atoms with Crippen molar-refractivity contribution in [3.8, 4) is 0 Å². The maximum atomic E-state index is 12.9. The van der Waals surface area contributed by atoms with Crippen LogP contribution in [0.2, 0.25) is 0 Å². The molecule has 3 heterocycles. The van der Waals surface area contributed by atoms with Crippen molar-refractivity contribution >= 4 is 27.6 Å². The molecule has 0 atom stereocenters. The molecule has 31 heavy (non-hydrogen) atoms. The van der Waals surface area contributed by atoms with Crippen LogP contribution in [0.15, 0.2) is 41.4 Å². The molecular weight excluding hydrogens is 420 g/mol. The quantitative estimate of drug-likeness (QED) is 0.689. The van der Waals surface area contributed by atoms with Crippen molar-refractivity contribution in [3.05, 3.63) is 47.8 Å². The fourth-order valence-electron chi connectivity index (χ4n) is 4.44. The zero-order valence-electron chi connectivity index (χ0n) is 17.4. The van der Waals surface area contributed by atoms with Gasteiger partial charge in [0.15, 0.2) is 0 Å². The van der Waals surface area contributed by atoms with Gasteiger partial charge in [0.2, 0.25) is 15.9 Å². The lowest BCUT2D eigenvalue weighted by atomic mass is 10.0. The number of esters is 1. The highest BCUT2D eigenvalue weighted by Crippen LogP contribution is 2.31. The summed E-state index contributed by atoms with van der Waals surface area (Å²) in [6.45, 7) is 2.34. The van der Waals surface area contributed by atoms with E-state index in [-0.39, 0.29) is 22.8 Å². The van der Waals surface area contributed by atoms with Gasteiger partial charge in [0.25, 0.3) is 0 Å². The highest BCUT2D eigenvalue weighted by molar-refractivity contribution is 7.89. The number of ether oxygens (including phenoxy) is 1. The summed E-state index contributed by atoms with van der Waals surface area (Å²) in [4.78, 5) is 28.8. The van der Waals surface area contributed by atoms with Gasteiger partial charge in [0.1, 0.15) is 5.69 Å². The summed E-state index contributed by atoms with van der Waals surface area (Å²) < 4.78 is 29.9. The molecule has 0 radical (unpaired) electrons. The maximum Gasteiger partial charge on any atom is 0.354 e. The molecule has 1 aromatic heterocycles. The number of nitrogens with zero attached hydrogens (tertiary/aromatic N) is 3. The van der Waals surface area contributed by atoms with Crippen LogP contribution in [-0.2, 0) is 26.0 Å². The number of rotatable bonds is 5. The molecule has 2 N–H and O–H groups in total. The minimum absolute atomic E-state index is 0.00299. The third kappa shape index (κ3) is 4.36. The van der Waals surface area contributed by atoms with Crippen LogP contribution in [-0.4, -0.2) is 63.1 Å². The van der Waals surface area contributed by atoms with Gasteiger partial charge in [-0.1, -0.05) is 0 Å². The van der Waals surface area contributed by atoms with Crippen molar-refractivity contribution in [1.29, 1.82) is 0 Å². The lowest BCUT2D eigenvalue weighted by Gasteiger charge is -2.33. The van der Waals surface area contributed by atoms with E-state index in [1.54, 1.807) is 23.1 Å². The lowest BCUT2D eigenvalue weighted by Crippen LogP contribution is -2.43. The number of aromatic nitrogens is 1. The molecule has 2 aliphatic rings. The minimum Gasteiger partial charge on any atom is -0.464 e. The molecule has 9 nitrogen and oxygen atoms in total. The number of likely N-dealkylation sites (tertiary alicyclic amines) is 1. The van der Waals surface area contributed by atoms with Gasteiger partial charge < -0.3 is 14.2 Å². The number of hydrogen-bond acceptors (Lipinski definition) is 6. The Morgan fingerprint density at radius 3 is 2.58 bits per heavy atom. The third-order valence-electron chi connectivity index (χ3n) is 6.06. The Morgan fingerprint density at radius 1 is 1.16 bits per heavy atom. The number of methoxy groups -OCH3 is 1. The van der Waals surface area contributed by atoms with Crippen molar-refractivity contribution in [3.63, 3.8) is 0 Å². The molecule has 2 aromatic rings. The van der Waals surface area contributed by atoms with E-state index in [1.165, 1.54) is 13.2 Å². The Labute approximate surface area is 181 Å². The van der Waals surface area contributed by atoms with Gasteiger partial charge in [-0.3, -0.25) is 9.69 Å². The molecule has 1 fully saturated rings. The number of amides is 1. The number of carbonyl (C=O) groups is 2. The number of carbonyl (C=O) groups excluding carboxylic acids is 2. The molecule has 0 spiro atoms. The van der Waals surface area contributed by atoms with Crippen molar-refractivity contribution in [2.75, 3.05) is 38.2 Å². The van der Waals surface area contributed by atoms with Gasteiger partial charge in [-0.2, -0.15) is 0 Å². The van der Waals surface area contributed by atoms with Crippen LogP contribution in [0.1, 0.15) is 34.9 Å². The molecule has 0 bridgehead atoms. The van der Waals surface area contributed by atoms with Gasteiger partial charge in [0, 0.05) is 37.6 Å². The smallest absolute Gasteiger partial charge is 0.354 e. The normalized spacial score (nSPS) is 17.5. The second-order valence-electron chi connectivity index (χ2n) is 7.93. The second kappa shape index (κ2) is 8.45. The Balaban J connectivity index is 1.37. The number of nitrogens with two attached hydrogens (primary N) is 1. The monoisotopic (exact) mass is 446 g/mol. The standard InChI is InChI=1S/C21H26N4O5S/c1-30-21(27)19-3-2-9-24(19)16-7-10-23(11-8-16)14-20(26)25-12-6-15-13-17(31(22,28)29)4-5-18(15)25/h2-5,9,13,16H,6-8,10-12,14H2,1H3,(H2,22,28,29). The second-order valence-corrected chi connectivity index (χ2v) is 9.49. The van der Waals surface area contributed by atoms with Crippen LogP contribution in [0.25, 0.3) is 0 Å². The van der Waals surface area contributed by atoms with E-state index < -0.39 is 10.0 Å². The van der Waals surface area contributed by atoms with Crippen molar-refractivity contribution in [1.82, 2.24) is 9.47 Å². The van der Waals surface area contributed by atoms with Gasteiger partial charge >= 0.3 is 5.97 Å². The number of piperidine rings is 1. The van der Waals surface area contributed by atoms with Crippen molar-refractivity contribution in [2.45, 2.75) is 30.2 Å². The van der Waals surface area contributed by atoms with Crippen LogP contribution < -0.4 is 10.0 Å². The summed E-state index contributed by atoms with van der Waals surface area (Å²) in [6, 6.07) is 8.45. The van der Waals surface area contributed by atoms with Gasteiger partial charge in [-0.05, 0) is 55.2 Å². The zero-order chi connectivity index (χ0) is 22.2. The van der Waals surface area contributed by atoms with Crippen LogP contribution in [0, 0.1) is 0 Å². The molecule has 1 saturated heterocycles. The molecule has 0 unspecified atom stereocenters. The first-order chi connectivity index (χ1) is 14.8. The van der Waals surface area contributed by atoms with Gasteiger partial charge in [0.05, 0.1) is 18.6 Å². The number of anilines is 1. The van der Waals surface area contributed by atoms with Crippen molar-refractivity contribution in [2.24, 2.45) is 5.14 Å². The maximum absolute atomic E-state index is 12.9. The molecule has 2 aliphatic heterocycles. The first kappa shape index (κ1) is 21.5. The van der Waals surface area contributed by atoms with E-state index in [9.17, 15) is 18.0 Å². The zero-order valence-corrected chi connectivity index (χ0v) is 18.2. The summed E-state index contributed by atoms with van der Waals surface area (Å²) >= 11 is 0. The predicted molar refractivity (Wildman–Crippen MR) is 114 cm³/mol. The highest BCUT2D eigenvalue weighted by Gasteiger charge is 2.29. The molecule has 0 saturated carbocycles. The first-order valence-corrected chi connectivity index (χ1v) is 11.8. The third-order valence-corrected chi connectivity index (χ3v) is 6.97. The van der Waals surface area contributed by atoms with Crippen LogP contribution >= 0.6 is 0 Å². The van der Waals surface area contributed by atoms with Gasteiger partial charge in [-0.25, -0.2) is 18.4 Å². The Bertz CT molecular complexity index is 1100. The molecular formula is C21H26N4O5S. The van der Waals surface area contributed by atoms with E-state index in [4.69, 9.17) is 9.88 Å². The van der Waals surface area contributed by atoms with E-state index in [0.29, 0.717) is 25.2 Å². The first-order valence-electron chi connectivity index (χ1n) is 10.2. The average molecular weight is 447 g/mol. The van der Waals surface area contributed by atoms with E-state index >= 15 is 0 Å². The van der Waals surface area contributed by atoms with Crippen LogP contribution in [0.5, 0.6) is 0 Å². The number of hydrogen-bond donors (Lipinski definition) is 1. The predicted octanol–water partition coefficient (Wildman–Crippen LogP) is 1.15. The molecule has 10 heteroatoms. The number of sulfonamides is 1. The van der Waals surface area contributed by atoms with E-state index in [2.05, 4.69) is 4.90 Å². The largest absolute Gasteiger partial charge is 0.464 e. The summed E-state index contributed by atoms with van der Waals surface area (Å²) in [5.41, 5.74) is 2.12. The molecule has 1 aromatic carbocycles. The summed E-state index contributed by atoms with van der Waals surface area (Å²) in [5, 5.41) is 5.21. The molecule has 4 rings (SSSR count). The Kier molecular flexibility index (Phi) is 5.87. The van der Waals surface area contributed by atoms with E-state index in [0.717, 1.165) is 37.2 Å². The average Bonchev–Trinajstić information content (AvgIpc) is 3.40. The fraction of sp³-hybridized carbons (Fsp3) is 0.429. The molecule has 1 amide bonds. The number of benzene rings is 1. The van der Waals surface area contributed by atoms with Crippen LogP contribution in [0.4, 0.5) is 5.69 Å². The molecule has 0 aliphatic carbocycles. The van der Waals surface area contributed by atoms with E-state index in [1.807, 2.05) is 16.8 Å². The topological polar surface area (TPSA) is 115 Å². The minimum atomic E-state index is -3.76. The highest BCUT2D eigenvalue weighted by atomic mass is 32.2. The van der Waals surface area contributed by atoms with Gasteiger partial charge in [-0.15, -0.1) is 0 Å². The lowest BCUT2D eigenvalue weighted by molar-refractivity contribution is -0.120. The van der Waals surface area contributed by atoms with Crippen molar-refractivity contribution < 1.29 is 22.7 Å². The Morgan fingerprint density at radius 2 is 1.90 bits per heavy atom. The number of fused-ring (bicyclic) bond motifs is 1. The summed E-state index contributed by atoms with van der Waals surface area (Å²) in [5.74, 6) is -0.349. The summed E-state index contributed by atoms with van der Waals surface area (Å²) in [6.07, 6.45) is 4.17. The number of primary sulfonamides is 1. The summed E-state index contributed by atoms with van der Waals surface area (Å²) in [7, 11) is -2.39. The fourth-order valence-corrected chi connectivity index (χ4v) is 5.00. The SMILES string of the molecule is COC(=O)c1cccn1C1CCN(CC(=O)N2CCc3cc(S(N)(=O)=O)ccc32)CC1.